The van der Waals surface area contributed by atoms with Gasteiger partial charge in [-0.25, -0.2) is 4.79 Å². The zero-order valence-corrected chi connectivity index (χ0v) is 15.5. The first kappa shape index (κ1) is 19.5. The number of aryl methyl sites for hydroxylation is 1. The maximum absolute atomic E-state index is 12.5. The van der Waals surface area contributed by atoms with Gasteiger partial charge in [-0.2, -0.15) is 0 Å². The van der Waals surface area contributed by atoms with E-state index in [0.717, 1.165) is 6.42 Å². The molecule has 3 N–H and O–H groups in total. The summed E-state index contributed by atoms with van der Waals surface area (Å²) < 4.78 is 4.79. The Kier molecular flexibility index (Phi) is 6.41. The molecule has 0 fully saturated rings. The lowest BCUT2D eigenvalue weighted by molar-refractivity contribution is 0.0598. The monoisotopic (exact) mass is 377 g/mol. The van der Waals surface area contributed by atoms with E-state index in [2.05, 4.69) is 15.8 Å². The summed E-state index contributed by atoms with van der Waals surface area (Å²) in [5.41, 5.74) is 6.72. The predicted molar refractivity (Wildman–Crippen MR) is 97.2 cm³/mol. The van der Waals surface area contributed by atoms with Crippen LogP contribution in [0.25, 0.3) is 0 Å². The average molecular weight is 378 g/mol. The molecule has 2 aromatic rings. The van der Waals surface area contributed by atoms with Gasteiger partial charge in [0.05, 0.1) is 12.7 Å². The Morgan fingerprint density at radius 2 is 1.73 bits per heavy atom. The molecule has 0 saturated heterocycles. The Labute approximate surface area is 156 Å². The molecule has 0 aliphatic rings. The first-order valence-electron chi connectivity index (χ1n) is 8.05. The molecular formula is C18H20ClN3O4. The van der Waals surface area contributed by atoms with Gasteiger partial charge in [-0.3, -0.25) is 20.4 Å². The van der Waals surface area contributed by atoms with Crippen LogP contribution in [0, 0.1) is 6.92 Å². The lowest BCUT2D eigenvalue weighted by Gasteiger charge is -2.09. The van der Waals surface area contributed by atoms with E-state index in [1.807, 2.05) is 6.92 Å². The largest absolute Gasteiger partial charge is 0.465 e. The van der Waals surface area contributed by atoms with Crippen molar-refractivity contribution in [2.75, 3.05) is 7.11 Å². The number of aromatic amines is 1. The van der Waals surface area contributed by atoms with E-state index in [-0.39, 0.29) is 5.69 Å². The number of benzene rings is 1. The van der Waals surface area contributed by atoms with Crippen molar-refractivity contribution in [3.63, 3.8) is 0 Å². The fourth-order valence-electron chi connectivity index (χ4n) is 2.60. The molecule has 8 heteroatoms. The number of carbonyl (C=O) groups excluding carboxylic acids is 3. The molecular weight excluding hydrogens is 358 g/mol. The minimum absolute atomic E-state index is 0.223. The van der Waals surface area contributed by atoms with Crippen molar-refractivity contribution in [3.8, 4) is 0 Å². The second-order valence-electron chi connectivity index (χ2n) is 5.64. The number of methoxy groups -OCH3 is 1. The quantitative estimate of drug-likeness (QED) is 0.551. The second-order valence-corrected chi connectivity index (χ2v) is 6.07. The summed E-state index contributed by atoms with van der Waals surface area (Å²) >= 11 is 5.78. The van der Waals surface area contributed by atoms with E-state index >= 15 is 0 Å². The van der Waals surface area contributed by atoms with Crippen LogP contribution in [0.15, 0.2) is 24.3 Å². The lowest BCUT2D eigenvalue weighted by Crippen LogP contribution is -2.42. The summed E-state index contributed by atoms with van der Waals surface area (Å²) in [5.74, 6) is -1.54. The van der Waals surface area contributed by atoms with Gasteiger partial charge in [-0.05, 0) is 43.2 Å². The number of aromatic nitrogens is 1. The van der Waals surface area contributed by atoms with Crippen molar-refractivity contribution in [3.05, 3.63) is 57.4 Å². The summed E-state index contributed by atoms with van der Waals surface area (Å²) in [4.78, 5) is 39.4. The number of H-pyrrole nitrogens is 1. The topological polar surface area (TPSA) is 100 Å². The number of ether oxygens (including phenoxy) is 1. The van der Waals surface area contributed by atoms with Crippen molar-refractivity contribution in [1.82, 2.24) is 15.8 Å². The van der Waals surface area contributed by atoms with Gasteiger partial charge in [0.2, 0.25) is 0 Å². The number of esters is 1. The van der Waals surface area contributed by atoms with Gasteiger partial charge in [0, 0.05) is 16.3 Å². The SMILES string of the molecule is CCCc1c(C(=O)NNC(=O)c2ccc(Cl)cc2)[nH]c(C)c1C(=O)OC. The van der Waals surface area contributed by atoms with Crippen molar-refractivity contribution in [2.45, 2.75) is 26.7 Å². The maximum Gasteiger partial charge on any atom is 0.339 e. The molecule has 0 bridgehead atoms. The molecule has 2 amide bonds. The number of hydrazine groups is 1. The third-order valence-electron chi connectivity index (χ3n) is 3.80. The molecule has 7 nitrogen and oxygen atoms in total. The molecule has 26 heavy (non-hydrogen) atoms. The summed E-state index contributed by atoms with van der Waals surface area (Å²) in [6.45, 7) is 3.63. The van der Waals surface area contributed by atoms with Crippen molar-refractivity contribution < 1.29 is 19.1 Å². The number of halogens is 1. The van der Waals surface area contributed by atoms with E-state index in [9.17, 15) is 14.4 Å². The fraction of sp³-hybridized carbons (Fsp3) is 0.278. The molecule has 1 aromatic heterocycles. The highest BCUT2D eigenvalue weighted by molar-refractivity contribution is 6.30. The molecule has 1 heterocycles. The summed E-state index contributed by atoms with van der Waals surface area (Å²) in [7, 11) is 1.29. The lowest BCUT2D eigenvalue weighted by atomic mass is 10.0. The van der Waals surface area contributed by atoms with Gasteiger partial charge in [-0.1, -0.05) is 24.9 Å². The number of nitrogens with one attached hydrogen (secondary N) is 3. The third kappa shape index (κ3) is 4.23. The van der Waals surface area contributed by atoms with Crippen LogP contribution in [0.1, 0.15) is 55.8 Å². The Morgan fingerprint density at radius 1 is 1.12 bits per heavy atom. The number of carbonyl (C=O) groups is 3. The van der Waals surface area contributed by atoms with E-state index in [1.54, 1.807) is 31.2 Å². The van der Waals surface area contributed by atoms with Crippen LogP contribution in [-0.4, -0.2) is 29.9 Å². The van der Waals surface area contributed by atoms with Crippen molar-refractivity contribution >= 4 is 29.4 Å². The van der Waals surface area contributed by atoms with E-state index < -0.39 is 17.8 Å². The third-order valence-corrected chi connectivity index (χ3v) is 4.06. The maximum atomic E-state index is 12.5. The molecule has 0 spiro atoms. The normalized spacial score (nSPS) is 10.3. The Morgan fingerprint density at radius 3 is 2.31 bits per heavy atom. The van der Waals surface area contributed by atoms with Crippen LogP contribution in [-0.2, 0) is 11.2 Å². The number of hydrogen-bond donors (Lipinski definition) is 3. The number of amides is 2. The zero-order chi connectivity index (χ0) is 19.3. The molecule has 2 rings (SSSR count). The molecule has 0 unspecified atom stereocenters. The van der Waals surface area contributed by atoms with Crippen LogP contribution in [0.3, 0.4) is 0 Å². The van der Waals surface area contributed by atoms with E-state index in [1.165, 1.54) is 7.11 Å². The predicted octanol–water partition coefficient (Wildman–Crippen LogP) is 2.79. The van der Waals surface area contributed by atoms with Gasteiger partial charge in [-0.15, -0.1) is 0 Å². The average Bonchev–Trinajstić information content (AvgIpc) is 2.96. The van der Waals surface area contributed by atoms with Crippen molar-refractivity contribution in [1.29, 1.82) is 0 Å². The summed E-state index contributed by atoms with van der Waals surface area (Å²) in [6.07, 6.45) is 1.25. The molecule has 0 radical (unpaired) electrons. The van der Waals surface area contributed by atoms with Gasteiger partial charge in [0.15, 0.2) is 0 Å². The van der Waals surface area contributed by atoms with Crippen LogP contribution in [0.5, 0.6) is 0 Å². The Hall–Kier alpha value is -2.80. The first-order valence-corrected chi connectivity index (χ1v) is 8.42. The second kappa shape index (κ2) is 8.53. The van der Waals surface area contributed by atoms with Gasteiger partial charge in [0.25, 0.3) is 11.8 Å². The van der Waals surface area contributed by atoms with Gasteiger partial charge in [0.1, 0.15) is 5.69 Å². The molecule has 138 valence electrons. The smallest absolute Gasteiger partial charge is 0.339 e. The zero-order valence-electron chi connectivity index (χ0n) is 14.7. The van der Waals surface area contributed by atoms with Crippen LogP contribution in [0.2, 0.25) is 5.02 Å². The van der Waals surface area contributed by atoms with Gasteiger partial charge < -0.3 is 9.72 Å². The molecule has 1 aromatic carbocycles. The summed E-state index contributed by atoms with van der Waals surface area (Å²) in [6, 6.07) is 6.24. The first-order chi connectivity index (χ1) is 12.4. The number of rotatable bonds is 5. The molecule has 0 aliphatic carbocycles. The molecule has 0 aliphatic heterocycles. The Balaban J connectivity index is 2.17. The van der Waals surface area contributed by atoms with E-state index in [4.69, 9.17) is 16.3 Å². The minimum Gasteiger partial charge on any atom is -0.465 e. The highest BCUT2D eigenvalue weighted by atomic mass is 35.5. The fourth-order valence-corrected chi connectivity index (χ4v) is 2.72. The Bertz CT molecular complexity index is 828. The standard InChI is InChI=1S/C18H20ClN3O4/c1-4-5-13-14(18(25)26-3)10(2)20-15(13)17(24)22-21-16(23)11-6-8-12(19)9-7-11/h6-9,20H,4-5H2,1-3H3,(H,21,23)(H,22,24). The molecule has 0 atom stereocenters. The van der Waals surface area contributed by atoms with Crippen molar-refractivity contribution in [2.24, 2.45) is 0 Å². The minimum atomic E-state index is -0.547. The van der Waals surface area contributed by atoms with Gasteiger partial charge >= 0.3 is 5.97 Å². The van der Waals surface area contributed by atoms with E-state index in [0.29, 0.717) is 33.8 Å². The van der Waals surface area contributed by atoms with Crippen LogP contribution >= 0.6 is 11.6 Å². The highest BCUT2D eigenvalue weighted by Crippen LogP contribution is 2.21. The summed E-state index contributed by atoms with van der Waals surface area (Å²) in [5, 5.41) is 0.506. The van der Waals surface area contributed by atoms with Crippen LogP contribution in [0.4, 0.5) is 0 Å². The molecule has 0 saturated carbocycles. The highest BCUT2D eigenvalue weighted by Gasteiger charge is 2.24. The number of hydrogen-bond acceptors (Lipinski definition) is 4. The van der Waals surface area contributed by atoms with Crippen LogP contribution < -0.4 is 10.9 Å².